The number of carbonyl (C=O) groups excluding carboxylic acids is 2. The van der Waals surface area contributed by atoms with Gasteiger partial charge in [-0.3, -0.25) is 14.6 Å². The number of rotatable bonds is 9. The fourth-order valence-corrected chi connectivity index (χ4v) is 5.10. The molecule has 14 heteroatoms. The number of hydrogen-bond acceptors (Lipinski definition) is 7. The Hall–Kier alpha value is -4.62. The van der Waals surface area contributed by atoms with Crippen molar-refractivity contribution in [2.45, 2.75) is 25.6 Å². The van der Waals surface area contributed by atoms with Crippen LogP contribution in [0.3, 0.4) is 0 Å². The van der Waals surface area contributed by atoms with Gasteiger partial charge in [-0.1, -0.05) is 17.7 Å². The lowest BCUT2D eigenvalue weighted by Gasteiger charge is -2.23. The number of nitrogens with zero attached hydrogens (tertiary/aromatic N) is 1. The van der Waals surface area contributed by atoms with Crippen molar-refractivity contribution in [1.29, 1.82) is 0 Å². The summed E-state index contributed by atoms with van der Waals surface area (Å²) in [5.41, 5.74) is -0.494. The number of pyridine rings is 1. The maximum Gasteiger partial charge on any atom is 0.417 e. The lowest BCUT2D eigenvalue weighted by Crippen LogP contribution is -2.35. The highest BCUT2D eigenvalue weighted by molar-refractivity contribution is 6.39. The number of ether oxygens (including phenoxy) is 3. The van der Waals surface area contributed by atoms with Crippen molar-refractivity contribution >= 4 is 40.0 Å². The van der Waals surface area contributed by atoms with Crippen molar-refractivity contribution in [3.05, 3.63) is 82.8 Å². The summed E-state index contributed by atoms with van der Waals surface area (Å²) >= 11 is 5.61. The second-order valence-corrected chi connectivity index (χ2v) is 10.9. The van der Waals surface area contributed by atoms with Crippen LogP contribution in [0.15, 0.2) is 60.8 Å². The summed E-state index contributed by atoms with van der Waals surface area (Å²) < 4.78 is 71.8. The summed E-state index contributed by atoms with van der Waals surface area (Å²) in [7, 11) is 1.52. The average Bonchev–Trinajstić information content (AvgIpc) is 3.04. The van der Waals surface area contributed by atoms with Crippen LogP contribution in [0.2, 0.25) is 5.02 Å². The van der Waals surface area contributed by atoms with Crippen LogP contribution in [0.1, 0.15) is 24.0 Å². The van der Waals surface area contributed by atoms with Crippen molar-refractivity contribution in [2.75, 3.05) is 32.1 Å². The van der Waals surface area contributed by atoms with E-state index < -0.39 is 34.4 Å². The average molecular weight is 661 g/mol. The number of piperidine rings is 1. The Balaban J connectivity index is 1.23. The summed E-state index contributed by atoms with van der Waals surface area (Å²) in [5, 5.41) is 7.85. The smallest absolute Gasteiger partial charge is 0.417 e. The lowest BCUT2D eigenvalue weighted by molar-refractivity contribution is -0.137. The third-order valence-electron chi connectivity index (χ3n) is 7.33. The van der Waals surface area contributed by atoms with Crippen molar-refractivity contribution in [3.63, 3.8) is 0 Å². The first-order valence-corrected chi connectivity index (χ1v) is 14.6. The highest BCUT2D eigenvalue weighted by Crippen LogP contribution is 2.38. The van der Waals surface area contributed by atoms with Crippen molar-refractivity contribution in [2.24, 2.45) is 5.92 Å². The van der Waals surface area contributed by atoms with Gasteiger partial charge in [0.1, 0.15) is 5.75 Å². The molecule has 4 aromatic rings. The molecule has 46 heavy (non-hydrogen) atoms. The Morgan fingerprint density at radius 2 is 1.76 bits per heavy atom. The predicted molar refractivity (Wildman–Crippen MR) is 163 cm³/mol. The van der Waals surface area contributed by atoms with E-state index in [0.29, 0.717) is 40.7 Å². The van der Waals surface area contributed by atoms with Gasteiger partial charge in [-0.05, 0) is 73.8 Å². The maximum absolute atomic E-state index is 15.1. The number of alkyl halides is 3. The highest BCUT2D eigenvalue weighted by Gasteiger charge is 2.33. The number of fused-ring (bicyclic) bond motifs is 1. The largest absolute Gasteiger partial charge is 0.493 e. The molecule has 5 rings (SSSR count). The molecule has 0 aliphatic carbocycles. The number of nitrogens with one attached hydrogen (secondary N) is 3. The third-order valence-corrected chi connectivity index (χ3v) is 7.65. The van der Waals surface area contributed by atoms with E-state index in [0.717, 1.165) is 44.1 Å². The number of hydrogen-bond donors (Lipinski definition) is 3. The molecular formula is C32H29ClF4N4O5. The fourth-order valence-electron chi connectivity index (χ4n) is 4.88. The van der Waals surface area contributed by atoms with Crippen LogP contribution in [0.25, 0.3) is 10.9 Å². The van der Waals surface area contributed by atoms with Crippen LogP contribution >= 0.6 is 11.6 Å². The minimum Gasteiger partial charge on any atom is -0.493 e. The summed E-state index contributed by atoms with van der Waals surface area (Å²) in [6, 6.07) is 11.7. The molecule has 0 radical (unpaired) electrons. The Bertz CT molecular complexity index is 1750. The van der Waals surface area contributed by atoms with Gasteiger partial charge in [0, 0.05) is 35.9 Å². The number of carbonyl (C=O) groups is 2. The Labute approximate surface area is 266 Å². The van der Waals surface area contributed by atoms with Crippen molar-refractivity contribution in [1.82, 2.24) is 15.6 Å². The summed E-state index contributed by atoms with van der Waals surface area (Å²) in [4.78, 5) is 29.0. The number of halogens is 5. The SMILES string of the molecule is COc1cc2c(Oc3ccc(NC(=O)C(=O)NCc4ccc(Cl)c(C(F)(F)F)c4)cc3F)ccnc2cc1OCC1CCNCC1. The minimum absolute atomic E-state index is 0.0485. The topological polar surface area (TPSA) is 111 Å². The standard InChI is InChI=1S/C32H29ClF4N4O5/c1-44-28-14-21-25(15-29(28)45-17-18-6-9-38-10-7-18)39-11-8-26(21)46-27-5-3-20(13-24(27)34)41-31(43)30(42)40-16-19-2-4-23(33)22(12-19)32(35,36)37/h2-5,8,11-15,18,38H,6-7,9-10,16-17H2,1H3,(H,40,42)(H,41,43). The number of amides is 2. The molecule has 9 nitrogen and oxygen atoms in total. The van der Waals surface area contributed by atoms with E-state index >= 15 is 4.39 Å². The molecule has 1 aromatic heterocycles. The van der Waals surface area contributed by atoms with Gasteiger partial charge in [0.15, 0.2) is 23.1 Å². The Kier molecular flexibility index (Phi) is 10.1. The summed E-state index contributed by atoms with van der Waals surface area (Å²) in [6.45, 7) is 2.07. The molecule has 242 valence electrons. The van der Waals surface area contributed by atoms with Crippen LogP contribution in [-0.2, 0) is 22.3 Å². The third kappa shape index (κ3) is 7.96. The van der Waals surface area contributed by atoms with E-state index in [1.54, 1.807) is 18.2 Å². The number of methoxy groups -OCH3 is 1. The van der Waals surface area contributed by atoms with Gasteiger partial charge in [0.25, 0.3) is 0 Å². The van der Waals surface area contributed by atoms with E-state index in [2.05, 4.69) is 20.9 Å². The second-order valence-electron chi connectivity index (χ2n) is 10.5. The molecule has 3 aromatic carbocycles. The van der Waals surface area contributed by atoms with E-state index in [1.165, 1.54) is 31.5 Å². The molecule has 2 amide bonds. The van der Waals surface area contributed by atoms with Crippen molar-refractivity contribution < 1.29 is 41.4 Å². The zero-order valence-electron chi connectivity index (χ0n) is 24.5. The fraction of sp³-hybridized carbons (Fsp3) is 0.281. The molecule has 2 heterocycles. The quantitative estimate of drug-likeness (QED) is 0.139. The predicted octanol–water partition coefficient (Wildman–Crippen LogP) is 6.48. The van der Waals surface area contributed by atoms with Gasteiger partial charge in [-0.2, -0.15) is 13.2 Å². The van der Waals surface area contributed by atoms with E-state index in [4.69, 9.17) is 25.8 Å². The van der Waals surface area contributed by atoms with E-state index in [-0.39, 0.29) is 23.5 Å². The zero-order valence-corrected chi connectivity index (χ0v) is 25.2. The van der Waals surface area contributed by atoms with Gasteiger partial charge >= 0.3 is 18.0 Å². The number of aromatic nitrogens is 1. The molecule has 1 saturated heterocycles. The summed E-state index contributed by atoms with van der Waals surface area (Å²) in [6.07, 6.45) is -1.13. The van der Waals surface area contributed by atoms with Crippen LogP contribution < -0.4 is 30.2 Å². The molecule has 0 bridgehead atoms. The van der Waals surface area contributed by atoms with E-state index in [9.17, 15) is 22.8 Å². The molecule has 0 atom stereocenters. The normalized spacial score (nSPS) is 13.7. The molecule has 0 spiro atoms. The van der Waals surface area contributed by atoms with Crippen molar-refractivity contribution in [3.8, 4) is 23.0 Å². The van der Waals surface area contributed by atoms with Gasteiger partial charge in [0.2, 0.25) is 0 Å². The first kappa shape index (κ1) is 32.8. The Morgan fingerprint density at radius 3 is 2.48 bits per heavy atom. The maximum atomic E-state index is 15.1. The first-order chi connectivity index (χ1) is 22.0. The number of anilines is 1. The van der Waals surface area contributed by atoms with Crippen LogP contribution in [0.5, 0.6) is 23.0 Å². The number of benzene rings is 3. The van der Waals surface area contributed by atoms with Gasteiger partial charge in [-0.15, -0.1) is 0 Å². The molecule has 1 aliphatic heterocycles. The van der Waals surface area contributed by atoms with E-state index in [1.807, 2.05) is 0 Å². The molecular weight excluding hydrogens is 632 g/mol. The van der Waals surface area contributed by atoms with Gasteiger partial charge < -0.3 is 30.2 Å². The molecule has 1 aliphatic rings. The molecule has 0 saturated carbocycles. The van der Waals surface area contributed by atoms with Gasteiger partial charge in [-0.25, -0.2) is 4.39 Å². The minimum atomic E-state index is -4.68. The second kappa shape index (κ2) is 14.2. The molecule has 0 unspecified atom stereocenters. The van der Waals surface area contributed by atoms with Gasteiger partial charge in [0.05, 0.1) is 29.8 Å². The zero-order chi connectivity index (χ0) is 32.8. The van der Waals surface area contributed by atoms with Crippen LogP contribution in [-0.4, -0.2) is 43.6 Å². The lowest BCUT2D eigenvalue weighted by atomic mass is 9.99. The first-order valence-electron chi connectivity index (χ1n) is 14.2. The summed E-state index contributed by atoms with van der Waals surface area (Å²) in [5.74, 6) is -1.57. The monoisotopic (exact) mass is 660 g/mol. The van der Waals surface area contributed by atoms with Crippen LogP contribution in [0.4, 0.5) is 23.2 Å². The highest BCUT2D eigenvalue weighted by atomic mass is 35.5. The molecule has 1 fully saturated rings. The molecule has 3 N–H and O–H groups in total. The Morgan fingerprint density at radius 1 is 0.978 bits per heavy atom. The van der Waals surface area contributed by atoms with Crippen LogP contribution in [0, 0.1) is 11.7 Å².